The van der Waals surface area contributed by atoms with Crippen LogP contribution in [0.2, 0.25) is 10.0 Å². The number of esters is 1. The molecule has 1 aromatic carbocycles. The zero-order valence-electron chi connectivity index (χ0n) is 13.2. The van der Waals surface area contributed by atoms with Crippen LogP contribution in [0.4, 0.5) is 0 Å². The lowest BCUT2D eigenvalue weighted by molar-refractivity contribution is -0.145. The first-order chi connectivity index (χ1) is 10.3. The third-order valence-corrected chi connectivity index (χ3v) is 4.36. The molecule has 6 heteroatoms. The number of hydrogen-bond acceptors (Lipinski definition) is 3. The van der Waals surface area contributed by atoms with Crippen molar-refractivity contribution in [3.05, 3.63) is 33.8 Å². The maximum atomic E-state index is 12.7. The lowest BCUT2D eigenvalue weighted by atomic mass is 10.1. The number of rotatable bonds is 6. The van der Waals surface area contributed by atoms with E-state index in [1.807, 2.05) is 13.8 Å². The van der Waals surface area contributed by atoms with Gasteiger partial charge >= 0.3 is 5.97 Å². The molecule has 0 aliphatic rings. The van der Waals surface area contributed by atoms with Crippen LogP contribution in [0.15, 0.2) is 18.2 Å². The zero-order chi connectivity index (χ0) is 16.9. The predicted octanol–water partition coefficient (Wildman–Crippen LogP) is 4.04. The average molecular weight is 346 g/mol. The molecule has 1 amide bonds. The Kier molecular flexibility index (Phi) is 7.17. The molecule has 0 radical (unpaired) electrons. The van der Waals surface area contributed by atoms with Gasteiger partial charge in [0.1, 0.15) is 0 Å². The molecule has 0 saturated carbocycles. The Labute approximate surface area is 141 Å². The van der Waals surface area contributed by atoms with Gasteiger partial charge in [-0.15, -0.1) is 0 Å². The summed E-state index contributed by atoms with van der Waals surface area (Å²) in [6, 6.07) is 4.77. The summed E-state index contributed by atoms with van der Waals surface area (Å²) in [5.74, 6) is -0.912. The van der Waals surface area contributed by atoms with E-state index in [2.05, 4.69) is 0 Å². The van der Waals surface area contributed by atoms with Gasteiger partial charge in [0.25, 0.3) is 5.91 Å². The Morgan fingerprint density at radius 1 is 1.23 bits per heavy atom. The minimum atomic E-state index is -0.397. The normalized spacial score (nSPS) is 13.4. The van der Waals surface area contributed by atoms with Crippen LogP contribution in [0.1, 0.15) is 37.6 Å². The van der Waals surface area contributed by atoms with Crippen molar-refractivity contribution in [2.45, 2.75) is 33.2 Å². The lowest BCUT2D eigenvalue weighted by Gasteiger charge is -2.30. The van der Waals surface area contributed by atoms with Crippen molar-refractivity contribution in [1.29, 1.82) is 0 Å². The van der Waals surface area contributed by atoms with E-state index in [4.69, 9.17) is 27.9 Å². The average Bonchev–Trinajstić information content (AvgIpc) is 2.52. The highest BCUT2D eigenvalue weighted by molar-refractivity contribution is 6.42. The van der Waals surface area contributed by atoms with Crippen molar-refractivity contribution in [2.75, 3.05) is 13.7 Å². The van der Waals surface area contributed by atoms with Crippen LogP contribution in [0.25, 0.3) is 0 Å². The van der Waals surface area contributed by atoms with Gasteiger partial charge in [0.15, 0.2) is 0 Å². The summed E-state index contributed by atoms with van der Waals surface area (Å²) in [6.07, 6.45) is 0.779. The first-order valence-electron chi connectivity index (χ1n) is 7.15. The summed E-state index contributed by atoms with van der Waals surface area (Å²) >= 11 is 11.9. The van der Waals surface area contributed by atoms with E-state index < -0.39 is 5.92 Å². The molecule has 1 rings (SSSR count). The first-order valence-corrected chi connectivity index (χ1v) is 7.91. The molecule has 2 atom stereocenters. The van der Waals surface area contributed by atoms with Crippen LogP contribution in [0.5, 0.6) is 0 Å². The topological polar surface area (TPSA) is 46.6 Å². The van der Waals surface area contributed by atoms with E-state index >= 15 is 0 Å². The summed E-state index contributed by atoms with van der Waals surface area (Å²) < 4.78 is 4.73. The summed E-state index contributed by atoms with van der Waals surface area (Å²) in [7, 11) is 1.34. The fraction of sp³-hybridized carbons (Fsp3) is 0.500. The summed E-state index contributed by atoms with van der Waals surface area (Å²) in [6.45, 7) is 5.96. The molecule has 0 bridgehead atoms. The Balaban J connectivity index is 3.02. The molecular weight excluding hydrogens is 325 g/mol. The van der Waals surface area contributed by atoms with E-state index in [1.165, 1.54) is 7.11 Å². The van der Waals surface area contributed by atoms with Crippen molar-refractivity contribution in [3.8, 4) is 0 Å². The second-order valence-corrected chi connectivity index (χ2v) is 6.08. The van der Waals surface area contributed by atoms with Crippen LogP contribution >= 0.6 is 23.2 Å². The maximum absolute atomic E-state index is 12.7. The maximum Gasteiger partial charge on any atom is 0.310 e. The fourth-order valence-electron chi connectivity index (χ4n) is 2.05. The van der Waals surface area contributed by atoms with Gasteiger partial charge in [-0.1, -0.05) is 37.0 Å². The van der Waals surface area contributed by atoms with Gasteiger partial charge in [0, 0.05) is 18.2 Å². The molecule has 0 fully saturated rings. The van der Waals surface area contributed by atoms with Gasteiger partial charge < -0.3 is 9.64 Å². The molecule has 0 heterocycles. The number of carbonyl (C=O) groups is 2. The van der Waals surface area contributed by atoms with Gasteiger partial charge in [-0.05, 0) is 31.5 Å². The summed E-state index contributed by atoms with van der Waals surface area (Å²) in [5.41, 5.74) is 0.451. The van der Waals surface area contributed by atoms with E-state index in [0.29, 0.717) is 22.2 Å². The van der Waals surface area contributed by atoms with Gasteiger partial charge in [0.05, 0.1) is 23.1 Å². The van der Waals surface area contributed by atoms with E-state index in [-0.39, 0.29) is 17.9 Å². The highest BCUT2D eigenvalue weighted by atomic mass is 35.5. The Morgan fingerprint density at radius 2 is 1.86 bits per heavy atom. The molecule has 0 aliphatic carbocycles. The number of halogens is 2. The highest BCUT2D eigenvalue weighted by Gasteiger charge is 2.26. The lowest BCUT2D eigenvalue weighted by Crippen LogP contribution is -2.42. The molecular formula is C16H21Cl2NO3. The fourth-order valence-corrected chi connectivity index (χ4v) is 2.35. The quantitative estimate of drug-likeness (QED) is 0.730. The van der Waals surface area contributed by atoms with E-state index in [1.54, 1.807) is 30.0 Å². The minimum absolute atomic E-state index is 0.00550. The van der Waals surface area contributed by atoms with Crippen LogP contribution in [-0.4, -0.2) is 36.5 Å². The van der Waals surface area contributed by atoms with Crippen LogP contribution in [0, 0.1) is 5.92 Å². The van der Waals surface area contributed by atoms with Crippen LogP contribution in [0.3, 0.4) is 0 Å². The monoisotopic (exact) mass is 345 g/mol. The number of ether oxygens (including phenoxy) is 1. The van der Waals surface area contributed by atoms with Crippen molar-refractivity contribution >= 4 is 35.1 Å². The molecule has 0 spiro atoms. The van der Waals surface area contributed by atoms with E-state index in [0.717, 1.165) is 6.42 Å². The number of hydrogen-bond donors (Lipinski definition) is 0. The van der Waals surface area contributed by atoms with Crippen LogP contribution in [-0.2, 0) is 9.53 Å². The smallest absolute Gasteiger partial charge is 0.310 e. The van der Waals surface area contributed by atoms with Crippen molar-refractivity contribution in [2.24, 2.45) is 5.92 Å². The zero-order valence-corrected chi connectivity index (χ0v) is 14.7. The SMILES string of the molecule is CCC(C)N(CC(C)C(=O)OC)C(=O)c1ccc(Cl)c(Cl)c1. The first kappa shape index (κ1) is 18.8. The minimum Gasteiger partial charge on any atom is -0.469 e. The summed E-state index contributed by atoms with van der Waals surface area (Å²) in [5, 5.41) is 0.730. The van der Waals surface area contributed by atoms with Crippen molar-refractivity contribution < 1.29 is 14.3 Å². The van der Waals surface area contributed by atoms with Gasteiger partial charge in [-0.25, -0.2) is 0 Å². The molecule has 122 valence electrons. The molecule has 4 nitrogen and oxygen atoms in total. The number of carbonyl (C=O) groups excluding carboxylic acids is 2. The molecule has 0 saturated heterocycles. The molecule has 0 aromatic heterocycles. The Morgan fingerprint density at radius 3 is 2.36 bits per heavy atom. The van der Waals surface area contributed by atoms with Crippen LogP contribution < -0.4 is 0 Å². The van der Waals surface area contributed by atoms with Crippen molar-refractivity contribution in [3.63, 3.8) is 0 Å². The second kappa shape index (κ2) is 8.39. The van der Waals surface area contributed by atoms with Gasteiger partial charge in [-0.3, -0.25) is 9.59 Å². The third kappa shape index (κ3) is 4.62. The molecule has 2 unspecified atom stereocenters. The highest BCUT2D eigenvalue weighted by Crippen LogP contribution is 2.24. The third-order valence-electron chi connectivity index (χ3n) is 3.62. The standard InChI is InChI=1S/C16H21Cl2NO3/c1-5-11(3)19(9-10(2)16(21)22-4)15(20)12-6-7-13(17)14(18)8-12/h6-8,10-11H,5,9H2,1-4H3. The predicted molar refractivity (Wildman–Crippen MR) is 88.4 cm³/mol. The number of amides is 1. The number of benzene rings is 1. The largest absolute Gasteiger partial charge is 0.469 e. The molecule has 0 N–H and O–H groups in total. The Bertz CT molecular complexity index is 548. The summed E-state index contributed by atoms with van der Waals surface area (Å²) in [4.78, 5) is 26.0. The number of methoxy groups -OCH3 is 1. The van der Waals surface area contributed by atoms with Gasteiger partial charge in [0.2, 0.25) is 0 Å². The molecule has 0 aliphatic heterocycles. The van der Waals surface area contributed by atoms with E-state index in [9.17, 15) is 9.59 Å². The van der Waals surface area contributed by atoms with Gasteiger partial charge in [-0.2, -0.15) is 0 Å². The Hall–Kier alpha value is -1.26. The second-order valence-electron chi connectivity index (χ2n) is 5.27. The van der Waals surface area contributed by atoms with Crippen molar-refractivity contribution in [1.82, 2.24) is 4.90 Å². The number of nitrogens with zero attached hydrogens (tertiary/aromatic N) is 1. The molecule has 1 aromatic rings. The molecule has 22 heavy (non-hydrogen) atoms.